The van der Waals surface area contributed by atoms with Crippen molar-refractivity contribution in [3.63, 3.8) is 0 Å². The van der Waals surface area contributed by atoms with E-state index in [4.69, 9.17) is 4.42 Å². The average Bonchev–Trinajstić information content (AvgIpc) is 2.57. The van der Waals surface area contributed by atoms with Crippen molar-refractivity contribution in [2.75, 3.05) is 0 Å². The van der Waals surface area contributed by atoms with E-state index < -0.39 is 0 Å². The van der Waals surface area contributed by atoms with Gasteiger partial charge < -0.3 is 4.42 Å². The minimum atomic E-state index is 0.0347. The number of rotatable bonds is 0. The quantitative estimate of drug-likeness (QED) is 0.455. The molecule has 0 saturated heterocycles. The van der Waals surface area contributed by atoms with Crippen LogP contribution in [-0.2, 0) is 0 Å². The summed E-state index contributed by atoms with van der Waals surface area (Å²) in [7, 11) is 0. The first-order valence-electron chi connectivity index (χ1n) is 6.62. The van der Waals surface area contributed by atoms with Crippen LogP contribution in [0.15, 0.2) is 88.3 Å². The molecule has 0 saturated carbocycles. The molecule has 0 fully saturated rings. The van der Waals surface area contributed by atoms with Crippen molar-refractivity contribution >= 4 is 21.9 Å². The molecule has 3 nitrogen and oxygen atoms in total. The van der Waals surface area contributed by atoms with Gasteiger partial charge >= 0.3 is 0 Å². The summed E-state index contributed by atoms with van der Waals surface area (Å²) in [4.78, 5) is 15.8. The third-order valence-electron chi connectivity index (χ3n) is 3.05. The Morgan fingerprint density at radius 3 is 1.62 bits per heavy atom. The fraction of sp³-hybridized carbons (Fsp3) is 0. The molecule has 0 aliphatic heterocycles. The molecular weight excluding hydrogens is 262 g/mol. The lowest BCUT2D eigenvalue weighted by Crippen LogP contribution is -2.01. The number of pyridine rings is 1. The van der Waals surface area contributed by atoms with E-state index in [0.29, 0.717) is 21.9 Å². The van der Waals surface area contributed by atoms with Gasteiger partial charge in [0.2, 0.25) is 5.43 Å². The molecular formula is C18H13NO2. The van der Waals surface area contributed by atoms with E-state index in [9.17, 15) is 4.79 Å². The second-order valence-electron chi connectivity index (χ2n) is 4.45. The van der Waals surface area contributed by atoms with Crippen LogP contribution in [0.5, 0.6) is 0 Å². The molecule has 4 rings (SSSR count). The molecule has 3 heteroatoms. The minimum absolute atomic E-state index is 0.0347. The lowest BCUT2D eigenvalue weighted by Gasteiger charge is -1.99. The molecule has 0 aliphatic rings. The number of aromatic nitrogens is 1. The van der Waals surface area contributed by atoms with Crippen molar-refractivity contribution in [2.45, 2.75) is 0 Å². The summed E-state index contributed by atoms with van der Waals surface area (Å²) in [5.41, 5.74) is 1.31. The molecule has 0 unspecified atom stereocenters. The van der Waals surface area contributed by atoms with Crippen molar-refractivity contribution in [3.05, 3.63) is 89.3 Å². The lowest BCUT2D eigenvalue weighted by molar-refractivity contribution is 0.660. The average molecular weight is 275 g/mol. The second-order valence-corrected chi connectivity index (χ2v) is 4.45. The highest BCUT2D eigenvalue weighted by Gasteiger charge is 2.04. The molecule has 0 bridgehead atoms. The van der Waals surface area contributed by atoms with E-state index in [-0.39, 0.29) is 5.43 Å². The van der Waals surface area contributed by atoms with Crippen molar-refractivity contribution in [1.29, 1.82) is 0 Å². The number of para-hydroxylation sites is 2. The van der Waals surface area contributed by atoms with Gasteiger partial charge in [0.1, 0.15) is 11.2 Å². The van der Waals surface area contributed by atoms with Crippen LogP contribution in [0.4, 0.5) is 0 Å². The van der Waals surface area contributed by atoms with Crippen LogP contribution in [0.25, 0.3) is 21.9 Å². The molecule has 2 heterocycles. The number of nitrogens with zero attached hydrogens (tertiary/aromatic N) is 1. The summed E-state index contributed by atoms with van der Waals surface area (Å²) in [6.07, 6.45) is 3.50. The Morgan fingerprint density at radius 2 is 1.19 bits per heavy atom. The van der Waals surface area contributed by atoms with Gasteiger partial charge in [-0.2, -0.15) is 0 Å². The van der Waals surface area contributed by atoms with Crippen LogP contribution in [0.1, 0.15) is 0 Å². The molecule has 4 aromatic rings. The summed E-state index contributed by atoms with van der Waals surface area (Å²) in [6.45, 7) is 0. The Hall–Kier alpha value is -2.94. The van der Waals surface area contributed by atoms with E-state index in [1.807, 2.05) is 54.6 Å². The van der Waals surface area contributed by atoms with E-state index in [1.165, 1.54) is 0 Å². The minimum Gasteiger partial charge on any atom is -0.456 e. The Bertz CT molecular complexity index is 830. The summed E-state index contributed by atoms with van der Waals surface area (Å²) < 4.78 is 5.63. The van der Waals surface area contributed by atoms with E-state index >= 15 is 0 Å². The summed E-state index contributed by atoms with van der Waals surface area (Å²) in [5, 5.41) is 1.27. The highest BCUT2D eigenvalue weighted by molar-refractivity contribution is 5.89. The Morgan fingerprint density at radius 1 is 0.667 bits per heavy atom. The zero-order chi connectivity index (χ0) is 14.5. The molecule has 0 N–H and O–H groups in total. The zero-order valence-corrected chi connectivity index (χ0v) is 11.3. The van der Waals surface area contributed by atoms with Crippen molar-refractivity contribution < 1.29 is 4.42 Å². The lowest BCUT2D eigenvalue weighted by atomic mass is 10.1. The fourth-order valence-corrected chi connectivity index (χ4v) is 2.06. The number of hydrogen-bond donors (Lipinski definition) is 0. The van der Waals surface area contributed by atoms with Gasteiger partial charge in [-0.1, -0.05) is 30.3 Å². The van der Waals surface area contributed by atoms with Crippen LogP contribution < -0.4 is 5.43 Å². The van der Waals surface area contributed by atoms with Gasteiger partial charge in [-0.25, -0.2) is 0 Å². The number of benzene rings is 2. The van der Waals surface area contributed by atoms with Crippen LogP contribution in [0, 0.1) is 0 Å². The van der Waals surface area contributed by atoms with E-state index in [0.717, 1.165) is 0 Å². The Labute approximate surface area is 121 Å². The number of fused-ring (bicyclic) bond motifs is 2. The molecule has 0 spiro atoms. The fourth-order valence-electron chi connectivity index (χ4n) is 2.06. The van der Waals surface area contributed by atoms with Gasteiger partial charge in [-0.15, -0.1) is 0 Å². The Kier molecular flexibility index (Phi) is 3.74. The predicted octanol–water partition coefficient (Wildman–Crippen LogP) is 4.03. The molecule has 2 aromatic heterocycles. The zero-order valence-electron chi connectivity index (χ0n) is 11.3. The van der Waals surface area contributed by atoms with E-state index in [1.54, 1.807) is 24.5 Å². The van der Waals surface area contributed by atoms with Gasteiger partial charge in [0, 0.05) is 12.4 Å². The van der Waals surface area contributed by atoms with Crippen molar-refractivity contribution in [2.24, 2.45) is 0 Å². The second kappa shape index (κ2) is 6.01. The summed E-state index contributed by atoms with van der Waals surface area (Å²) in [5.74, 6) is 0. The van der Waals surface area contributed by atoms with Gasteiger partial charge in [0.15, 0.2) is 0 Å². The third kappa shape index (κ3) is 2.82. The molecule has 0 amide bonds. The van der Waals surface area contributed by atoms with Gasteiger partial charge in [0.25, 0.3) is 0 Å². The first kappa shape index (κ1) is 13.1. The monoisotopic (exact) mass is 275 g/mol. The first-order valence-corrected chi connectivity index (χ1v) is 6.62. The summed E-state index contributed by atoms with van der Waals surface area (Å²) >= 11 is 0. The topological polar surface area (TPSA) is 43.1 Å². The third-order valence-corrected chi connectivity index (χ3v) is 3.05. The predicted molar refractivity (Wildman–Crippen MR) is 84.2 cm³/mol. The Balaban J connectivity index is 0.000000186. The number of hydrogen-bond acceptors (Lipinski definition) is 3. The maximum absolute atomic E-state index is 12.0. The van der Waals surface area contributed by atoms with Crippen LogP contribution in [0.2, 0.25) is 0 Å². The first-order chi connectivity index (χ1) is 10.4. The highest BCUT2D eigenvalue weighted by atomic mass is 16.3. The molecule has 0 aliphatic carbocycles. The van der Waals surface area contributed by atoms with Crippen LogP contribution in [-0.4, -0.2) is 4.98 Å². The molecule has 2 aromatic carbocycles. The smallest absolute Gasteiger partial charge is 0.200 e. The molecule has 0 radical (unpaired) electrons. The van der Waals surface area contributed by atoms with Gasteiger partial charge in [-0.3, -0.25) is 9.78 Å². The van der Waals surface area contributed by atoms with Crippen LogP contribution >= 0.6 is 0 Å². The van der Waals surface area contributed by atoms with Crippen LogP contribution in [0.3, 0.4) is 0 Å². The normalized spacial score (nSPS) is 10.1. The van der Waals surface area contributed by atoms with E-state index in [2.05, 4.69) is 4.98 Å². The van der Waals surface area contributed by atoms with Crippen molar-refractivity contribution in [1.82, 2.24) is 4.98 Å². The maximum atomic E-state index is 12.0. The highest BCUT2D eigenvalue weighted by Crippen LogP contribution is 2.17. The largest absolute Gasteiger partial charge is 0.456 e. The maximum Gasteiger partial charge on any atom is 0.200 e. The molecule has 0 atom stereocenters. The summed E-state index contributed by atoms with van der Waals surface area (Å²) in [6, 6.07) is 20.3. The molecule has 21 heavy (non-hydrogen) atoms. The molecule has 102 valence electrons. The SMILES string of the molecule is O=c1c2ccccc2oc2ccccc12.c1ccncc1. The van der Waals surface area contributed by atoms with Gasteiger partial charge in [0.05, 0.1) is 10.8 Å². The standard InChI is InChI=1S/C13H8O2.C5H5N/c14-13-9-5-1-3-7-11(9)15-12-8-4-2-6-10(12)13;1-2-4-6-5-3-1/h1-8H;1-5H. The van der Waals surface area contributed by atoms with Crippen molar-refractivity contribution in [3.8, 4) is 0 Å². The van der Waals surface area contributed by atoms with Gasteiger partial charge in [-0.05, 0) is 36.4 Å².